The number of nitrogens with zero attached hydrogens (tertiary/aromatic N) is 2. The average molecular weight is 274 g/mol. The summed E-state index contributed by atoms with van der Waals surface area (Å²) in [5.41, 5.74) is 12.2. The largest absolute Gasteiger partial charge is 0.492 e. The van der Waals surface area contributed by atoms with Gasteiger partial charge in [0.15, 0.2) is 0 Å². The van der Waals surface area contributed by atoms with Crippen molar-refractivity contribution in [1.82, 2.24) is 9.78 Å². The summed E-state index contributed by atoms with van der Waals surface area (Å²) in [5.74, 6) is 0.320. The van der Waals surface area contributed by atoms with Gasteiger partial charge in [0.2, 0.25) is 0 Å². The van der Waals surface area contributed by atoms with E-state index in [1.54, 1.807) is 10.9 Å². The maximum Gasteiger partial charge on any atom is 0.251 e. The van der Waals surface area contributed by atoms with Gasteiger partial charge in [-0.25, -0.2) is 0 Å². The molecule has 0 aliphatic rings. The zero-order chi connectivity index (χ0) is 14.4. The van der Waals surface area contributed by atoms with Crippen molar-refractivity contribution in [3.63, 3.8) is 0 Å². The normalized spacial score (nSPS) is 10.4. The Balaban J connectivity index is 1.81. The van der Waals surface area contributed by atoms with Gasteiger partial charge in [-0.2, -0.15) is 5.10 Å². The van der Waals surface area contributed by atoms with Gasteiger partial charge in [0.25, 0.3) is 5.91 Å². The number of carbonyl (C=O) groups is 1. The molecule has 0 bridgehead atoms. The lowest BCUT2D eigenvalue weighted by Crippen LogP contribution is -2.11. The Kier molecular flexibility index (Phi) is 4.73. The van der Waals surface area contributed by atoms with Crippen LogP contribution in [0.3, 0.4) is 0 Å². The second kappa shape index (κ2) is 6.72. The number of aromatic nitrogens is 2. The summed E-state index contributed by atoms with van der Waals surface area (Å²) in [5, 5.41) is 4.03. The van der Waals surface area contributed by atoms with Crippen LogP contribution in [0.4, 0.5) is 0 Å². The summed E-state index contributed by atoms with van der Waals surface area (Å²) in [7, 11) is 0. The predicted molar refractivity (Wildman–Crippen MR) is 75.4 cm³/mol. The number of ether oxygens (including phenoxy) is 1. The Morgan fingerprint density at radius 2 is 2.05 bits per heavy atom. The number of primary amides is 1. The first kappa shape index (κ1) is 14.1. The summed E-state index contributed by atoms with van der Waals surface area (Å²) < 4.78 is 7.23. The molecule has 0 atom stereocenters. The third-order valence-electron chi connectivity index (χ3n) is 2.86. The third kappa shape index (κ3) is 3.83. The SMILES string of the molecule is NCCc1ccc(OCCn2cc(C(N)=O)cn2)cc1. The molecule has 0 saturated heterocycles. The van der Waals surface area contributed by atoms with Crippen molar-refractivity contribution in [2.24, 2.45) is 11.5 Å². The zero-order valence-corrected chi connectivity index (χ0v) is 11.2. The van der Waals surface area contributed by atoms with Crippen LogP contribution in [0.15, 0.2) is 36.7 Å². The van der Waals surface area contributed by atoms with E-state index in [-0.39, 0.29) is 0 Å². The lowest BCUT2D eigenvalue weighted by molar-refractivity contribution is 0.1000. The molecule has 4 N–H and O–H groups in total. The van der Waals surface area contributed by atoms with E-state index >= 15 is 0 Å². The van der Waals surface area contributed by atoms with Crippen LogP contribution in [-0.4, -0.2) is 28.8 Å². The molecule has 1 amide bonds. The fourth-order valence-electron chi connectivity index (χ4n) is 1.79. The van der Waals surface area contributed by atoms with E-state index in [2.05, 4.69) is 5.10 Å². The molecule has 1 heterocycles. The van der Waals surface area contributed by atoms with Gasteiger partial charge in [0, 0.05) is 6.20 Å². The molecule has 0 aliphatic carbocycles. The Morgan fingerprint density at radius 1 is 1.30 bits per heavy atom. The van der Waals surface area contributed by atoms with Crippen LogP contribution in [0.2, 0.25) is 0 Å². The van der Waals surface area contributed by atoms with E-state index in [0.717, 1.165) is 12.2 Å². The van der Waals surface area contributed by atoms with Crippen LogP contribution in [0.5, 0.6) is 5.75 Å². The van der Waals surface area contributed by atoms with Gasteiger partial charge in [-0.3, -0.25) is 9.48 Å². The van der Waals surface area contributed by atoms with E-state index in [0.29, 0.717) is 25.3 Å². The van der Waals surface area contributed by atoms with Crippen LogP contribution in [0.25, 0.3) is 0 Å². The van der Waals surface area contributed by atoms with Gasteiger partial charge in [0.1, 0.15) is 12.4 Å². The van der Waals surface area contributed by atoms with Crippen LogP contribution in [0, 0.1) is 0 Å². The molecular formula is C14H18N4O2. The Bertz CT molecular complexity index is 563. The lowest BCUT2D eigenvalue weighted by Gasteiger charge is -2.07. The molecule has 6 nitrogen and oxygen atoms in total. The quantitative estimate of drug-likeness (QED) is 0.771. The predicted octanol–water partition coefficient (Wildman–Crippen LogP) is 0.562. The number of nitrogens with two attached hydrogens (primary N) is 2. The van der Waals surface area contributed by atoms with Gasteiger partial charge >= 0.3 is 0 Å². The molecule has 1 aromatic heterocycles. The van der Waals surface area contributed by atoms with E-state index in [9.17, 15) is 4.79 Å². The highest BCUT2D eigenvalue weighted by Crippen LogP contribution is 2.12. The minimum atomic E-state index is -0.479. The average Bonchev–Trinajstić information content (AvgIpc) is 2.90. The fraction of sp³-hybridized carbons (Fsp3) is 0.286. The topological polar surface area (TPSA) is 96.2 Å². The Morgan fingerprint density at radius 3 is 2.65 bits per heavy atom. The van der Waals surface area contributed by atoms with Crippen molar-refractivity contribution in [3.8, 4) is 5.75 Å². The minimum absolute atomic E-state index is 0.399. The minimum Gasteiger partial charge on any atom is -0.492 e. The number of hydrogen-bond acceptors (Lipinski definition) is 4. The summed E-state index contributed by atoms with van der Waals surface area (Å²) in [6.07, 6.45) is 3.92. The maximum absolute atomic E-state index is 10.9. The molecule has 2 aromatic rings. The molecule has 0 saturated carbocycles. The molecule has 0 radical (unpaired) electrons. The molecule has 0 unspecified atom stereocenters. The summed E-state index contributed by atoms with van der Waals surface area (Å²) in [4.78, 5) is 10.9. The van der Waals surface area contributed by atoms with Gasteiger partial charge < -0.3 is 16.2 Å². The number of hydrogen-bond donors (Lipinski definition) is 2. The van der Waals surface area contributed by atoms with Crippen molar-refractivity contribution < 1.29 is 9.53 Å². The molecule has 1 aromatic carbocycles. The van der Waals surface area contributed by atoms with Crippen molar-refractivity contribution >= 4 is 5.91 Å². The van der Waals surface area contributed by atoms with Crippen LogP contribution >= 0.6 is 0 Å². The number of benzene rings is 1. The van der Waals surface area contributed by atoms with Crippen molar-refractivity contribution in [2.75, 3.05) is 13.2 Å². The second-order valence-corrected chi connectivity index (χ2v) is 4.39. The standard InChI is InChI=1S/C14H18N4O2/c15-6-5-11-1-3-13(4-2-11)20-8-7-18-10-12(9-17-18)14(16)19/h1-4,9-10H,5-8,15H2,(H2,16,19). The fourth-order valence-corrected chi connectivity index (χ4v) is 1.79. The van der Waals surface area contributed by atoms with Crippen LogP contribution in [-0.2, 0) is 13.0 Å². The summed E-state index contributed by atoms with van der Waals surface area (Å²) >= 11 is 0. The molecule has 0 spiro atoms. The first-order valence-electron chi connectivity index (χ1n) is 6.43. The zero-order valence-electron chi connectivity index (χ0n) is 11.2. The molecule has 106 valence electrons. The lowest BCUT2D eigenvalue weighted by atomic mass is 10.1. The number of amides is 1. The first-order chi connectivity index (χ1) is 9.69. The number of carbonyl (C=O) groups excluding carboxylic acids is 1. The molecule has 6 heteroatoms. The van der Waals surface area contributed by atoms with Crippen LogP contribution in [0.1, 0.15) is 15.9 Å². The molecule has 0 fully saturated rings. The monoisotopic (exact) mass is 274 g/mol. The first-order valence-corrected chi connectivity index (χ1v) is 6.43. The van der Waals surface area contributed by atoms with Gasteiger partial charge in [-0.15, -0.1) is 0 Å². The van der Waals surface area contributed by atoms with E-state index < -0.39 is 5.91 Å². The Labute approximate surface area is 117 Å². The molecule has 0 aliphatic heterocycles. The number of rotatable bonds is 7. The molecular weight excluding hydrogens is 256 g/mol. The van der Waals surface area contributed by atoms with Crippen molar-refractivity contribution in [3.05, 3.63) is 47.8 Å². The summed E-state index contributed by atoms with van der Waals surface area (Å²) in [6.45, 7) is 1.66. The third-order valence-corrected chi connectivity index (χ3v) is 2.86. The molecule has 20 heavy (non-hydrogen) atoms. The highest BCUT2D eigenvalue weighted by molar-refractivity contribution is 5.92. The highest BCUT2D eigenvalue weighted by atomic mass is 16.5. The Hall–Kier alpha value is -2.34. The summed E-state index contributed by atoms with van der Waals surface area (Å²) in [6, 6.07) is 7.84. The van der Waals surface area contributed by atoms with Gasteiger partial charge in [-0.1, -0.05) is 12.1 Å². The van der Waals surface area contributed by atoms with Crippen molar-refractivity contribution in [1.29, 1.82) is 0 Å². The van der Waals surface area contributed by atoms with Gasteiger partial charge in [0.05, 0.1) is 18.3 Å². The molecule has 2 rings (SSSR count). The maximum atomic E-state index is 10.9. The second-order valence-electron chi connectivity index (χ2n) is 4.39. The smallest absolute Gasteiger partial charge is 0.251 e. The van der Waals surface area contributed by atoms with E-state index in [1.807, 2.05) is 24.3 Å². The van der Waals surface area contributed by atoms with E-state index in [1.165, 1.54) is 11.8 Å². The highest BCUT2D eigenvalue weighted by Gasteiger charge is 2.03. The van der Waals surface area contributed by atoms with E-state index in [4.69, 9.17) is 16.2 Å². The van der Waals surface area contributed by atoms with Crippen LogP contribution < -0.4 is 16.2 Å². The van der Waals surface area contributed by atoms with Crippen molar-refractivity contribution in [2.45, 2.75) is 13.0 Å². The van der Waals surface area contributed by atoms with Gasteiger partial charge in [-0.05, 0) is 30.7 Å².